The monoisotopic (exact) mass is 312 g/mol. The summed E-state index contributed by atoms with van der Waals surface area (Å²) in [6, 6.07) is 5.78. The van der Waals surface area contributed by atoms with Crippen LogP contribution in [0.5, 0.6) is 0 Å². The van der Waals surface area contributed by atoms with Gasteiger partial charge in [0.05, 0.1) is 12.1 Å². The Balaban J connectivity index is 2.01. The van der Waals surface area contributed by atoms with E-state index in [1.807, 2.05) is 36.0 Å². The molecule has 0 saturated carbocycles. The Morgan fingerprint density at radius 2 is 2.26 bits per heavy atom. The van der Waals surface area contributed by atoms with E-state index in [0.29, 0.717) is 18.1 Å². The maximum Gasteiger partial charge on any atom is 0.143 e. The number of anilines is 1. The van der Waals surface area contributed by atoms with E-state index in [1.54, 1.807) is 6.20 Å². The molecule has 0 aliphatic rings. The molecular weight excluding hydrogens is 295 g/mol. The maximum atomic E-state index is 12.3. The second-order valence-corrected chi connectivity index (χ2v) is 5.07. The lowest BCUT2D eigenvalue weighted by Crippen LogP contribution is -2.14. The van der Waals surface area contributed by atoms with E-state index < -0.39 is 6.67 Å². The van der Waals surface area contributed by atoms with E-state index in [2.05, 4.69) is 20.3 Å². The molecule has 2 N–H and O–H groups in total. The van der Waals surface area contributed by atoms with E-state index in [1.165, 1.54) is 6.21 Å². The van der Waals surface area contributed by atoms with E-state index in [9.17, 15) is 4.39 Å². The molecule has 0 radical (unpaired) electrons. The summed E-state index contributed by atoms with van der Waals surface area (Å²) >= 11 is 0. The Labute approximate surface area is 132 Å². The zero-order valence-corrected chi connectivity index (χ0v) is 12.8. The fourth-order valence-corrected chi connectivity index (χ4v) is 2.56. The van der Waals surface area contributed by atoms with Crippen LogP contribution >= 0.6 is 0 Å². The van der Waals surface area contributed by atoms with Gasteiger partial charge in [-0.15, -0.1) is 0 Å². The zero-order valence-electron chi connectivity index (χ0n) is 12.8. The lowest BCUT2D eigenvalue weighted by Gasteiger charge is -2.07. The van der Waals surface area contributed by atoms with Gasteiger partial charge in [0.25, 0.3) is 0 Å². The van der Waals surface area contributed by atoms with E-state index in [-0.39, 0.29) is 6.54 Å². The van der Waals surface area contributed by atoms with Gasteiger partial charge >= 0.3 is 0 Å². The molecule has 3 aromatic rings. The molecule has 0 aliphatic heterocycles. The summed E-state index contributed by atoms with van der Waals surface area (Å²) < 4.78 is 14.3. The Kier molecular flexibility index (Phi) is 4.27. The number of hydrogen-bond acceptors (Lipinski definition) is 4. The minimum absolute atomic E-state index is 0.0815. The van der Waals surface area contributed by atoms with Gasteiger partial charge in [-0.05, 0) is 18.2 Å². The number of aliphatic imine (C=N–C) groups is 1. The third-order valence-electron chi connectivity index (χ3n) is 3.60. The standard InChI is InChI=1S/C16H17FN6/c1-23-13-5-8-19-10-12(13)11-2-3-15(22-16(11)23)21-14(4-7-18)20-9-6-17/h2-3,5,7-8,10,18H,4,6,9H2,1H3,(H,20,21,22). The van der Waals surface area contributed by atoms with Crippen molar-refractivity contribution in [1.29, 1.82) is 5.41 Å². The second-order valence-electron chi connectivity index (χ2n) is 5.07. The molecule has 23 heavy (non-hydrogen) atoms. The molecule has 0 bridgehead atoms. The molecule has 0 amide bonds. The summed E-state index contributed by atoms with van der Waals surface area (Å²) in [5.74, 6) is 1.15. The molecule has 3 rings (SSSR count). The number of amidine groups is 1. The third-order valence-corrected chi connectivity index (χ3v) is 3.60. The molecule has 7 heteroatoms. The SMILES string of the molecule is Cn1c2ccncc2c2ccc(NC(CC=N)=NCCF)nc21. The number of halogens is 1. The number of aryl methyl sites for hydroxylation is 1. The average molecular weight is 312 g/mol. The first kappa shape index (κ1) is 15.1. The lowest BCUT2D eigenvalue weighted by atomic mass is 10.2. The third kappa shape index (κ3) is 2.90. The smallest absolute Gasteiger partial charge is 0.143 e. The number of fused-ring (bicyclic) bond motifs is 3. The van der Waals surface area contributed by atoms with Crippen molar-refractivity contribution in [2.75, 3.05) is 18.5 Å². The average Bonchev–Trinajstić information content (AvgIpc) is 2.86. The molecule has 6 nitrogen and oxygen atoms in total. The number of nitrogens with one attached hydrogen (secondary N) is 2. The van der Waals surface area contributed by atoms with Crippen molar-refractivity contribution >= 4 is 39.8 Å². The fraction of sp³-hybridized carbons (Fsp3) is 0.250. The van der Waals surface area contributed by atoms with Crippen LogP contribution in [0.3, 0.4) is 0 Å². The van der Waals surface area contributed by atoms with Crippen LogP contribution in [0.2, 0.25) is 0 Å². The topological polar surface area (TPSA) is 79.0 Å². The first-order valence-electron chi connectivity index (χ1n) is 7.29. The van der Waals surface area contributed by atoms with Crippen LogP contribution in [0, 0.1) is 5.41 Å². The molecule has 118 valence electrons. The Bertz CT molecular complexity index is 883. The molecule has 3 aromatic heterocycles. The van der Waals surface area contributed by atoms with Crippen LogP contribution in [0.4, 0.5) is 10.2 Å². The molecule has 3 heterocycles. The number of pyridine rings is 2. The largest absolute Gasteiger partial charge is 0.328 e. The van der Waals surface area contributed by atoms with Crippen LogP contribution in [0.1, 0.15) is 6.42 Å². The predicted octanol–water partition coefficient (Wildman–Crippen LogP) is 2.94. The van der Waals surface area contributed by atoms with Crippen molar-refractivity contribution in [2.45, 2.75) is 6.42 Å². The second kappa shape index (κ2) is 6.51. The number of hydrogen-bond donors (Lipinski definition) is 2. The van der Waals surface area contributed by atoms with Gasteiger partial charge in [-0.3, -0.25) is 9.98 Å². The van der Waals surface area contributed by atoms with Crippen molar-refractivity contribution < 1.29 is 4.39 Å². The summed E-state index contributed by atoms with van der Waals surface area (Å²) in [5, 5.41) is 12.3. The molecule has 0 fully saturated rings. The minimum atomic E-state index is -0.522. The Hall–Kier alpha value is -2.83. The molecule has 0 aliphatic carbocycles. The first-order valence-corrected chi connectivity index (χ1v) is 7.29. The van der Waals surface area contributed by atoms with E-state index in [0.717, 1.165) is 21.9 Å². The first-order chi connectivity index (χ1) is 11.2. The fourth-order valence-electron chi connectivity index (χ4n) is 2.56. The number of alkyl halides is 1. The van der Waals surface area contributed by atoms with Crippen LogP contribution in [-0.4, -0.2) is 39.8 Å². The van der Waals surface area contributed by atoms with Gasteiger partial charge < -0.3 is 15.3 Å². The highest BCUT2D eigenvalue weighted by Crippen LogP contribution is 2.26. The highest BCUT2D eigenvalue weighted by molar-refractivity contribution is 6.07. The van der Waals surface area contributed by atoms with Crippen molar-refractivity contribution in [1.82, 2.24) is 14.5 Å². The Morgan fingerprint density at radius 3 is 3.04 bits per heavy atom. The van der Waals surface area contributed by atoms with Crippen molar-refractivity contribution in [3.05, 3.63) is 30.6 Å². The van der Waals surface area contributed by atoms with Gasteiger partial charge in [0.2, 0.25) is 0 Å². The van der Waals surface area contributed by atoms with Gasteiger partial charge in [-0.1, -0.05) is 0 Å². The van der Waals surface area contributed by atoms with Gasteiger partial charge in [-0.2, -0.15) is 0 Å². The predicted molar refractivity (Wildman–Crippen MR) is 91.3 cm³/mol. The van der Waals surface area contributed by atoms with Crippen LogP contribution in [0.25, 0.3) is 21.9 Å². The number of nitrogens with zero attached hydrogens (tertiary/aromatic N) is 4. The van der Waals surface area contributed by atoms with Crippen LogP contribution in [-0.2, 0) is 7.05 Å². The summed E-state index contributed by atoms with van der Waals surface area (Å²) in [4.78, 5) is 12.9. The molecular formula is C16H17FN6. The molecule has 0 spiro atoms. The Morgan fingerprint density at radius 1 is 1.39 bits per heavy atom. The molecule has 0 atom stereocenters. The van der Waals surface area contributed by atoms with E-state index >= 15 is 0 Å². The van der Waals surface area contributed by atoms with Gasteiger partial charge in [0.15, 0.2) is 0 Å². The van der Waals surface area contributed by atoms with Gasteiger partial charge in [0, 0.05) is 42.8 Å². The van der Waals surface area contributed by atoms with Crippen LogP contribution < -0.4 is 5.32 Å². The number of rotatable bonds is 5. The summed E-state index contributed by atoms with van der Waals surface area (Å²) in [5.41, 5.74) is 1.89. The molecule has 0 saturated heterocycles. The summed E-state index contributed by atoms with van der Waals surface area (Å²) in [6.45, 7) is -0.441. The quantitative estimate of drug-likeness (QED) is 0.561. The highest BCUT2D eigenvalue weighted by Gasteiger charge is 2.10. The maximum absolute atomic E-state index is 12.3. The molecule has 0 aromatic carbocycles. The lowest BCUT2D eigenvalue weighted by molar-refractivity contribution is 0.505. The summed E-state index contributed by atoms with van der Waals surface area (Å²) in [7, 11) is 1.96. The number of aromatic nitrogens is 3. The highest BCUT2D eigenvalue weighted by atomic mass is 19.1. The summed E-state index contributed by atoms with van der Waals surface area (Å²) in [6.07, 6.45) is 5.13. The van der Waals surface area contributed by atoms with Crippen molar-refractivity contribution in [3.8, 4) is 0 Å². The van der Waals surface area contributed by atoms with Gasteiger partial charge in [-0.25, -0.2) is 9.37 Å². The van der Waals surface area contributed by atoms with E-state index in [4.69, 9.17) is 5.41 Å². The molecule has 0 unspecified atom stereocenters. The van der Waals surface area contributed by atoms with Crippen molar-refractivity contribution in [3.63, 3.8) is 0 Å². The normalized spacial score (nSPS) is 12.0. The van der Waals surface area contributed by atoms with Crippen molar-refractivity contribution in [2.24, 2.45) is 12.0 Å². The zero-order chi connectivity index (χ0) is 16.2. The van der Waals surface area contributed by atoms with Gasteiger partial charge in [0.1, 0.15) is 24.0 Å². The minimum Gasteiger partial charge on any atom is -0.328 e. The van der Waals surface area contributed by atoms with Crippen LogP contribution in [0.15, 0.2) is 35.6 Å².